The zero-order valence-electron chi connectivity index (χ0n) is 21.0. The molecule has 3 aliphatic rings. The van der Waals surface area contributed by atoms with Crippen molar-refractivity contribution in [2.45, 2.75) is 19.0 Å². The summed E-state index contributed by atoms with van der Waals surface area (Å²) in [6.07, 6.45) is 3.68. The molecule has 0 spiro atoms. The van der Waals surface area contributed by atoms with Gasteiger partial charge in [0.2, 0.25) is 17.7 Å². The number of carbonyl (C=O) groups is 3. The second-order valence-corrected chi connectivity index (χ2v) is 9.85. The summed E-state index contributed by atoms with van der Waals surface area (Å²) >= 11 is 0. The van der Waals surface area contributed by atoms with Crippen molar-refractivity contribution in [2.75, 3.05) is 15.1 Å². The molecule has 1 N–H and O–H groups in total. The van der Waals surface area contributed by atoms with Gasteiger partial charge in [-0.1, -0.05) is 30.4 Å². The van der Waals surface area contributed by atoms with Gasteiger partial charge >= 0.3 is 0 Å². The van der Waals surface area contributed by atoms with E-state index in [0.29, 0.717) is 16.9 Å². The molecule has 200 valence electrons. The van der Waals surface area contributed by atoms with Crippen LogP contribution in [0.5, 0.6) is 0 Å². The van der Waals surface area contributed by atoms with Crippen LogP contribution in [0, 0.1) is 39.0 Å². The first-order valence-corrected chi connectivity index (χ1v) is 12.4. The second-order valence-electron chi connectivity index (χ2n) is 9.85. The van der Waals surface area contributed by atoms with Crippen molar-refractivity contribution in [3.8, 4) is 0 Å². The highest BCUT2D eigenvalue weighted by molar-refractivity contribution is 6.25. The summed E-state index contributed by atoms with van der Waals surface area (Å²) in [4.78, 5) is 65.7. The number of nitro benzene ring substituents is 2. The molecule has 12 nitrogen and oxygen atoms in total. The fraction of sp³-hybridized carbons (Fsp3) is 0.179. The van der Waals surface area contributed by atoms with Gasteiger partial charge in [-0.05, 0) is 42.3 Å². The highest BCUT2D eigenvalue weighted by Crippen LogP contribution is 2.49. The highest BCUT2D eigenvalue weighted by Gasteiger charge is 2.64. The highest BCUT2D eigenvalue weighted by atomic mass is 16.6. The number of nitrogens with one attached hydrogen (secondary N) is 1. The summed E-state index contributed by atoms with van der Waals surface area (Å²) in [5, 5.41) is 25.0. The number of nitrogens with zero attached hydrogens (tertiary/aromatic N) is 4. The summed E-state index contributed by atoms with van der Waals surface area (Å²) < 4.78 is 0. The number of para-hydroxylation sites is 1. The third kappa shape index (κ3) is 3.72. The van der Waals surface area contributed by atoms with Gasteiger partial charge in [-0.3, -0.25) is 34.6 Å². The Morgan fingerprint density at radius 1 is 0.850 bits per heavy atom. The molecule has 2 fully saturated rings. The lowest BCUT2D eigenvalue weighted by Gasteiger charge is -2.36. The van der Waals surface area contributed by atoms with Gasteiger partial charge in [0.25, 0.3) is 11.4 Å². The summed E-state index contributed by atoms with van der Waals surface area (Å²) in [6.45, 7) is 1.58. The lowest BCUT2D eigenvalue weighted by Crippen LogP contribution is -2.50. The number of nitro groups is 2. The lowest BCUT2D eigenvalue weighted by molar-refractivity contribution is -0.385. The van der Waals surface area contributed by atoms with E-state index in [1.807, 2.05) is 36.4 Å². The number of amides is 3. The zero-order valence-corrected chi connectivity index (χ0v) is 21.0. The van der Waals surface area contributed by atoms with Crippen LogP contribution in [0.15, 0.2) is 72.8 Å². The standard InChI is InChI=1S/C28H21N5O7/c1-15-14-19(33(39)40)11-13-20(15)31-27(35)23-22-12-6-16-4-2-3-5-21(16)30(22)25(24(23)28(31)36)26(34)29-17-7-9-18(10-8-17)32(37)38/h2-14,22-25H,1H3,(H,29,34)/t22-,23-,24+,25-/m0/s1. The Bertz CT molecular complexity index is 1650. The number of anilines is 3. The molecule has 12 heteroatoms. The normalized spacial score (nSPS) is 22.5. The summed E-state index contributed by atoms with van der Waals surface area (Å²) in [7, 11) is 0. The fourth-order valence-corrected chi connectivity index (χ4v) is 5.94. The first-order valence-electron chi connectivity index (χ1n) is 12.4. The van der Waals surface area contributed by atoms with E-state index in [0.717, 1.165) is 10.5 Å². The average molecular weight is 540 g/mol. The molecule has 3 aliphatic heterocycles. The maximum Gasteiger partial charge on any atom is 0.269 e. The van der Waals surface area contributed by atoms with Crippen LogP contribution in [0.4, 0.5) is 28.4 Å². The number of fused-ring (bicyclic) bond motifs is 5. The van der Waals surface area contributed by atoms with Crippen molar-refractivity contribution < 1.29 is 24.2 Å². The molecule has 0 saturated carbocycles. The second kappa shape index (κ2) is 9.12. The molecular formula is C28H21N5O7. The molecule has 0 aromatic heterocycles. The van der Waals surface area contributed by atoms with Crippen molar-refractivity contribution in [3.05, 3.63) is 104 Å². The SMILES string of the molecule is Cc1cc([N+](=O)[O-])ccc1N1C(=O)[C@@H]2[C@@H](C1=O)[C@@H]1C=Cc3ccccc3N1[C@@H]2C(=O)Nc1ccc([N+](=O)[O-])cc1. The van der Waals surface area contributed by atoms with Gasteiger partial charge in [-0.25, -0.2) is 4.90 Å². The third-order valence-corrected chi connectivity index (χ3v) is 7.66. The summed E-state index contributed by atoms with van der Waals surface area (Å²) in [6, 6.07) is 14.9. The Hall–Kier alpha value is -5.39. The van der Waals surface area contributed by atoms with Crippen LogP contribution >= 0.6 is 0 Å². The van der Waals surface area contributed by atoms with Gasteiger partial charge in [-0.2, -0.15) is 0 Å². The molecule has 0 bridgehead atoms. The minimum Gasteiger partial charge on any atom is -0.351 e. The van der Waals surface area contributed by atoms with Gasteiger partial charge in [0.05, 0.1) is 33.4 Å². The van der Waals surface area contributed by atoms with E-state index < -0.39 is 51.5 Å². The maximum absolute atomic E-state index is 14.0. The molecule has 3 amide bonds. The monoisotopic (exact) mass is 539 g/mol. The Labute approximate surface area is 226 Å². The summed E-state index contributed by atoms with van der Waals surface area (Å²) in [5.41, 5.74) is 2.14. The van der Waals surface area contributed by atoms with Crippen molar-refractivity contribution in [3.63, 3.8) is 0 Å². The van der Waals surface area contributed by atoms with E-state index in [4.69, 9.17) is 0 Å². The number of imide groups is 1. The van der Waals surface area contributed by atoms with Crippen molar-refractivity contribution in [1.82, 2.24) is 0 Å². The minimum atomic E-state index is -1.07. The Morgan fingerprint density at radius 2 is 1.50 bits per heavy atom. The van der Waals surface area contributed by atoms with Crippen LogP contribution in [0.2, 0.25) is 0 Å². The van der Waals surface area contributed by atoms with Crippen LogP contribution in [0.25, 0.3) is 6.08 Å². The number of hydrogen-bond acceptors (Lipinski definition) is 8. The first-order chi connectivity index (χ1) is 19.2. The minimum absolute atomic E-state index is 0.139. The number of rotatable bonds is 5. The molecule has 6 rings (SSSR count). The van der Waals surface area contributed by atoms with E-state index in [-0.39, 0.29) is 17.1 Å². The molecule has 3 aromatic carbocycles. The van der Waals surface area contributed by atoms with Gasteiger partial charge in [-0.15, -0.1) is 0 Å². The van der Waals surface area contributed by atoms with Crippen LogP contribution in [0.3, 0.4) is 0 Å². The van der Waals surface area contributed by atoms with Gasteiger partial charge in [0.1, 0.15) is 6.04 Å². The number of non-ortho nitro benzene ring substituents is 2. The molecule has 0 unspecified atom stereocenters. The number of aryl methyl sites for hydroxylation is 1. The van der Waals surface area contributed by atoms with E-state index in [1.165, 1.54) is 42.5 Å². The zero-order chi connectivity index (χ0) is 28.3. The fourth-order valence-electron chi connectivity index (χ4n) is 5.94. The van der Waals surface area contributed by atoms with Gasteiger partial charge < -0.3 is 10.2 Å². The van der Waals surface area contributed by atoms with E-state index in [1.54, 1.807) is 11.8 Å². The van der Waals surface area contributed by atoms with Gasteiger partial charge in [0.15, 0.2) is 0 Å². The predicted octanol–water partition coefficient (Wildman–Crippen LogP) is 3.84. The van der Waals surface area contributed by atoms with Crippen LogP contribution in [-0.2, 0) is 14.4 Å². The number of hydrogen-bond donors (Lipinski definition) is 1. The number of benzene rings is 3. The quantitative estimate of drug-likeness (QED) is 0.291. The van der Waals surface area contributed by atoms with Crippen LogP contribution < -0.4 is 15.1 Å². The van der Waals surface area contributed by atoms with E-state index >= 15 is 0 Å². The van der Waals surface area contributed by atoms with Crippen molar-refractivity contribution in [2.24, 2.45) is 11.8 Å². The Balaban J connectivity index is 1.41. The maximum atomic E-state index is 14.0. The molecule has 3 heterocycles. The smallest absolute Gasteiger partial charge is 0.269 e. The third-order valence-electron chi connectivity index (χ3n) is 7.66. The largest absolute Gasteiger partial charge is 0.351 e. The number of carbonyl (C=O) groups excluding carboxylic acids is 3. The molecule has 40 heavy (non-hydrogen) atoms. The lowest BCUT2D eigenvalue weighted by atomic mass is 9.88. The van der Waals surface area contributed by atoms with Gasteiger partial charge in [0, 0.05) is 35.6 Å². The predicted molar refractivity (Wildman–Crippen MR) is 145 cm³/mol. The Kier molecular flexibility index (Phi) is 5.68. The molecular weight excluding hydrogens is 518 g/mol. The van der Waals surface area contributed by atoms with E-state index in [2.05, 4.69) is 5.32 Å². The molecule has 4 atom stereocenters. The van der Waals surface area contributed by atoms with Crippen LogP contribution in [0.1, 0.15) is 11.1 Å². The van der Waals surface area contributed by atoms with Crippen LogP contribution in [-0.4, -0.2) is 39.7 Å². The first kappa shape index (κ1) is 24.9. The molecule has 3 aromatic rings. The topological polar surface area (TPSA) is 156 Å². The van der Waals surface area contributed by atoms with Crippen molar-refractivity contribution >= 4 is 52.2 Å². The van der Waals surface area contributed by atoms with Crippen molar-refractivity contribution in [1.29, 1.82) is 0 Å². The summed E-state index contributed by atoms with van der Waals surface area (Å²) in [5.74, 6) is -3.52. The van der Waals surface area contributed by atoms with E-state index in [9.17, 15) is 34.6 Å². The molecule has 2 saturated heterocycles. The Morgan fingerprint density at radius 3 is 2.17 bits per heavy atom. The average Bonchev–Trinajstić information content (AvgIpc) is 3.41. The molecule has 0 radical (unpaired) electrons. The molecule has 0 aliphatic carbocycles.